The van der Waals surface area contributed by atoms with Crippen LogP contribution in [0.25, 0.3) is 22.5 Å². The number of aromatic nitrogens is 2. The quantitative estimate of drug-likeness (QED) is 0.196. The molecule has 2 aromatic carbocycles. The molecule has 2 amide bonds. The number of amides is 2. The molecule has 1 aliphatic rings. The standard InChI is InChI=1S/C37H42N4O5S/c1-22(2)46-30-14-13-26(18-23(30)3)27-20-38-33(39-21-27)25-11-9-24(10-12-25)19-28(35(43)41-17-7-8-29(41)36(44)45)40-34(42)31-15-16-32(47-31)37(4,5)6/h9-16,18,20-22,28-29H,7-8,17,19H2,1-6H3,(H,40,42)(H,44,45)/t28-,29-/m0/s1. The highest BCUT2D eigenvalue weighted by Gasteiger charge is 2.38. The van der Waals surface area contributed by atoms with Crippen molar-refractivity contribution in [1.29, 1.82) is 0 Å². The molecule has 0 bridgehead atoms. The van der Waals surface area contributed by atoms with Crippen LogP contribution in [0.4, 0.5) is 0 Å². The van der Waals surface area contributed by atoms with Crippen molar-refractivity contribution in [3.05, 3.63) is 87.9 Å². The highest BCUT2D eigenvalue weighted by Crippen LogP contribution is 2.30. The number of hydrogen-bond donors (Lipinski definition) is 2. The number of aliphatic carboxylic acids is 1. The van der Waals surface area contributed by atoms with Crippen molar-refractivity contribution in [2.45, 2.75) is 84.4 Å². The lowest BCUT2D eigenvalue weighted by Gasteiger charge is -2.27. The van der Waals surface area contributed by atoms with Gasteiger partial charge >= 0.3 is 5.97 Å². The average Bonchev–Trinajstić information content (AvgIpc) is 3.73. The third-order valence-electron chi connectivity index (χ3n) is 8.17. The monoisotopic (exact) mass is 654 g/mol. The molecule has 2 aromatic heterocycles. The van der Waals surface area contributed by atoms with Gasteiger partial charge in [-0.1, -0.05) is 51.1 Å². The molecule has 4 aromatic rings. The normalized spacial score (nSPS) is 15.5. The highest BCUT2D eigenvalue weighted by molar-refractivity contribution is 7.14. The maximum absolute atomic E-state index is 13.7. The predicted molar refractivity (Wildman–Crippen MR) is 184 cm³/mol. The minimum absolute atomic E-state index is 0.0983. The second kappa shape index (κ2) is 14.0. The molecule has 246 valence electrons. The molecule has 9 nitrogen and oxygen atoms in total. The fourth-order valence-corrected chi connectivity index (χ4v) is 6.61. The van der Waals surface area contributed by atoms with E-state index in [0.29, 0.717) is 30.1 Å². The van der Waals surface area contributed by atoms with E-state index in [1.807, 2.05) is 63.2 Å². The van der Waals surface area contributed by atoms with E-state index in [4.69, 9.17) is 4.74 Å². The Morgan fingerprint density at radius 2 is 1.68 bits per heavy atom. The molecule has 3 heterocycles. The number of ether oxygens (including phenoxy) is 1. The number of nitrogens with zero attached hydrogens (tertiary/aromatic N) is 3. The van der Waals surface area contributed by atoms with Crippen LogP contribution in [0.1, 0.15) is 73.1 Å². The number of aryl methyl sites for hydroxylation is 1. The zero-order valence-corrected chi connectivity index (χ0v) is 28.6. The van der Waals surface area contributed by atoms with E-state index in [0.717, 1.165) is 38.4 Å². The Balaban J connectivity index is 1.33. The third kappa shape index (κ3) is 8.05. The number of hydrogen-bond acceptors (Lipinski definition) is 7. The largest absolute Gasteiger partial charge is 0.491 e. The van der Waals surface area contributed by atoms with Crippen LogP contribution in [0.15, 0.2) is 67.0 Å². The number of carbonyl (C=O) groups is 3. The number of nitrogens with one attached hydrogen (secondary N) is 1. The molecule has 0 radical (unpaired) electrons. The lowest BCUT2D eigenvalue weighted by molar-refractivity contribution is -0.148. The van der Waals surface area contributed by atoms with Crippen molar-refractivity contribution in [3.63, 3.8) is 0 Å². The van der Waals surface area contributed by atoms with Crippen molar-refractivity contribution in [2.24, 2.45) is 0 Å². The van der Waals surface area contributed by atoms with E-state index in [2.05, 4.69) is 42.1 Å². The summed E-state index contributed by atoms with van der Waals surface area (Å²) in [6.45, 7) is 12.6. The van der Waals surface area contributed by atoms with Gasteiger partial charge in [0, 0.05) is 41.4 Å². The van der Waals surface area contributed by atoms with Crippen LogP contribution in [0.3, 0.4) is 0 Å². The summed E-state index contributed by atoms with van der Waals surface area (Å²) in [5, 5.41) is 12.6. The average molecular weight is 655 g/mol. The molecule has 10 heteroatoms. The molecule has 0 spiro atoms. The smallest absolute Gasteiger partial charge is 0.326 e. The predicted octanol–water partition coefficient (Wildman–Crippen LogP) is 6.68. The van der Waals surface area contributed by atoms with Gasteiger partial charge in [0.05, 0.1) is 11.0 Å². The van der Waals surface area contributed by atoms with E-state index in [-0.39, 0.29) is 23.8 Å². The number of likely N-dealkylation sites (tertiary alicyclic amines) is 1. The van der Waals surface area contributed by atoms with Crippen molar-refractivity contribution in [2.75, 3.05) is 6.54 Å². The molecule has 5 rings (SSSR count). The number of rotatable bonds is 10. The van der Waals surface area contributed by atoms with Gasteiger partial charge in [-0.05, 0) is 80.0 Å². The Morgan fingerprint density at radius 3 is 2.28 bits per heavy atom. The first-order valence-corrected chi connectivity index (χ1v) is 16.8. The lowest BCUT2D eigenvalue weighted by Crippen LogP contribution is -2.52. The zero-order chi connectivity index (χ0) is 33.9. The minimum Gasteiger partial charge on any atom is -0.491 e. The van der Waals surface area contributed by atoms with Gasteiger partial charge in [-0.3, -0.25) is 9.59 Å². The van der Waals surface area contributed by atoms with Crippen LogP contribution in [-0.4, -0.2) is 62.5 Å². The van der Waals surface area contributed by atoms with Gasteiger partial charge in [0.15, 0.2) is 5.82 Å². The second-order valence-electron chi connectivity index (χ2n) is 13.3. The summed E-state index contributed by atoms with van der Waals surface area (Å²) in [6, 6.07) is 15.5. The van der Waals surface area contributed by atoms with Gasteiger partial charge in [0.2, 0.25) is 5.91 Å². The molecule has 2 N–H and O–H groups in total. The van der Waals surface area contributed by atoms with Gasteiger partial charge in [-0.15, -0.1) is 11.3 Å². The van der Waals surface area contributed by atoms with Crippen LogP contribution < -0.4 is 10.1 Å². The topological polar surface area (TPSA) is 122 Å². The molecular formula is C37H42N4O5S. The van der Waals surface area contributed by atoms with E-state index < -0.39 is 24.0 Å². The van der Waals surface area contributed by atoms with Crippen LogP contribution >= 0.6 is 11.3 Å². The van der Waals surface area contributed by atoms with Gasteiger partial charge in [0.25, 0.3) is 5.91 Å². The molecule has 1 saturated heterocycles. The Labute approximate surface area is 280 Å². The molecule has 0 aliphatic carbocycles. The van der Waals surface area contributed by atoms with Gasteiger partial charge in [-0.2, -0.15) is 0 Å². The number of carboxylic acid groups (broad SMARTS) is 1. The van der Waals surface area contributed by atoms with Crippen LogP contribution in [0, 0.1) is 6.92 Å². The molecule has 0 unspecified atom stereocenters. The fraction of sp³-hybridized carbons (Fsp3) is 0.378. The van der Waals surface area contributed by atoms with E-state index in [1.54, 1.807) is 18.5 Å². The highest BCUT2D eigenvalue weighted by atomic mass is 32.1. The maximum Gasteiger partial charge on any atom is 0.326 e. The van der Waals surface area contributed by atoms with Crippen molar-refractivity contribution in [3.8, 4) is 28.3 Å². The molecule has 1 fully saturated rings. The Kier molecular flexibility index (Phi) is 10.1. The van der Waals surface area contributed by atoms with Crippen LogP contribution in [0.5, 0.6) is 5.75 Å². The van der Waals surface area contributed by atoms with Gasteiger partial charge < -0.3 is 20.1 Å². The minimum atomic E-state index is -1.03. The van der Waals surface area contributed by atoms with E-state index in [1.165, 1.54) is 16.2 Å². The van der Waals surface area contributed by atoms with Gasteiger partial charge in [-0.25, -0.2) is 14.8 Å². The Morgan fingerprint density at radius 1 is 1.00 bits per heavy atom. The van der Waals surface area contributed by atoms with Crippen molar-refractivity contribution in [1.82, 2.24) is 20.2 Å². The summed E-state index contributed by atoms with van der Waals surface area (Å²) in [7, 11) is 0. The molecule has 2 atom stereocenters. The SMILES string of the molecule is Cc1cc(-c2cnc(-c3ccc(C[C@H](NC(=O)c4ccc(C(C)(C)C)s4)C(=O)N4CCC[C@H]4C(=O)O)cc3)nc2)ccc1OC(C)C. The Bertz CT molecular complexity index is 1740. The zero-order valence-electron chi connectivity index (χ0n) is 27.7. The molecular weight excluding hydrogens is 612 g/mol. The molecule has 47 heavy (non-hydrogen) atoms. The maximum atomic E-state index is 13.7. The summed E-state index contributed by atoms with van der Waals surface area (Å²) in [5.74, 6) is -0.355. The number of carboxylic acids is 1. The number of carbonyl (C=O) groups excluding carboxylic acids is 2. The molecule has 0 saturated carbocycles. The second-order valence-corrected chi connectivity index (χ2v) is 14.4. The number of benzene rings is 2. The third-order valence-corrected chi connectivity index (χ3v) is 9.68. The first-order valence-electron chi connectivity index (χ1n) is 15.9. The first kappa shape index (κ1) is 33.8. The summed E-state index contributed by atoms with van der Waals surface area (Å²) >= 11 is 1.40. The summed E-state index contributed by atoms with van der Waals surface area (Å²) in [4.78, 5) is 51.1. The van der Waals surface area contributed by atoms with Crippen molar-refractivity contribution >= 4 is 29.1 Å². The summed E-state index contributed by atoms with van der Waals surface area (Å²) in [6.07, 6.45) is 4.90. The van der Waals surface area contributed by atoms with E-state index >= 15 is 0 Å². The lowest BCUT2D eigenvalue weighted by atomic mass is 9.95. The van der Waals surface area contributed by atoms with Crippen LogP contribution in [0.2, 0.25) is 0 Å². The van der Waals surface area contributed by atoms with E-state index in [9.17, 15) is 19.5 Å². The summed E-state index contributed by atoms with van der Waals surface area (Å²) in [5.41, 5.74) is 4.44. The fourth-order valence-electron chi connectivity index (χ4n) is 5.65. The summed E-state index contributed by atoms with van der Waals surface area (Å²) < 4.78 is 5.85. The molecule has 1 aliphatic heterocycles. The number of thiophene rings is 1. The Hall–Kier alpha value is -4.57. The van der Waals surface area contributed by atoms with Gasteiger partial charge in [0.1, 0.15) is 17.8 Å². The van der Waals surface area contributed by atoms with Crippen molar-refractivity contribution < 1.29 is 24.2 Å². The first-order chi connectivity index (χ1) is 22.3. The van der Waals surface area contributed by atoms with Crippen LogP contribution in [-0.2, 0) is 21.4 Å².